The fraction of sp³-hybridized carbons (Fsp3) is 0.500. The molecule has 4 N–H and O–H groups in total. The Labute approximate surface area is 106 Å². The van der Waals surface area contributed by atoms with Crippen molar-refractivity contribution < 1.29 is 10.2 Å². The summed E-state index contributed by atoms with van der Waals surface area (Å²) in [6.07, 6.45) is -0.882. The molecule has 98 valence electrons. The Morgan fingerprint density at radius 2 is 1.94 bits per heavy atom. The van der Waals surface area contributed by atoms with Gasteiger partial charge >= 0.3 is 0 Å². The van der Waals surface area contributed by atoms with Crippen molar-refractivity contribution in [2.24, 2.45) is 10.8 Å². The van der Waals surface area contributed by atoms with E-state index in [1.165, 1.54) is 0 Å². The molecule has 1 aromatic rings. The molecule has 0 saturated heterocycles. The third-order valence-corrected chi connectivity index (χ3v) is 2.71. The highest BCUT2D eigenvalue weighted by molar-refractivity contribution is 5.25. The van der Waals surface area contributed by atoms with Crippen LogP contribution in [0.3, 0.4) is 0 Å². The lowest BCUT2D eigenvalue weighted by Gasteiger charge is -2.17. The Hall–Kier alpha value is -1.59. The summed E-state index contributed by atoms with van der Waals surface area (Å²) in [5.41, 5.74) is 15.3. The summed E-state index contributed by atoms with van der Waals surface area (Å²) in [5, 5.41) is 22.9. The Morgan fingerprint density at radius 3 is 2.50 bits per heavy atom. The summed E-state index contributed by atoms with van der Waals surface area (Å²) < 4.78 is 0. The molecule has 2 unspecified atom stereocenters. The first kappa shape index (κ1) is 14.5. The lowest BCUT2D eigenvalue weighted by atomic mass is 10.00. The minimum absolute atomic E-state index is 0.167. The number of rotatable bonds is 7. The van der Waals surface area contributed by atoms with Crippen molar-refractivity contribution in [2.75, 3.05) is 13.1 Å². The molecule has 1 rings (SSSR count). The molecule has 18 heavy (non-hydrogen) atoms. The van der Waals surface area contributed by atoms with E-state index in [9.17, 15) is 10.2 Å². The molecule has 1 aromatic carbocycles. The number of benzene rings is 1. The number of hydrogen-bond donors (Lipinski definition) is 3. The average Bonchev–Trinajstić information content (AvgIpc) is 2.39. The van der Waals surface area contributed by atoms with Gasteiger partial charge in [-0.1, -0.05) is 29.4 Å². The molecule has 0 saturated carbocycles. The van der Waals surface area contributed by atoms with Gasteiger partial charge in [0.15, 0.2) is 0 Å². The summed E-state index contributed by atoms with van der Waals surface area (Å²) in [5.74, 6) is 0. The van der Waals surface area contributed by atoms with Crippen LogP contribution in [0.15, 0.2) is 29.4 Å². The molecule has 0 aromatic heterocycles. The van der Waals surface area contributed by atoms with Gasteiger partial charge in [0, 0.05) is 11.5 Å². The van der Waals surface area contributed by atoms with Crippen molar-refractivity contribution in [3.8, 4) is 0 Å². The van der Waals surface area contributed by atoms with E-state index < -0.39 is 12.2 Å². The van der Waals surface area contributed by atoms with Gasteiger partial charge in [-0.25, -0.2) is 0 Å². The standard InChI is InChI=1S/C12H18N4O2/c13-7-5-9-1-3-10(4-2-9)12(18)11(17)6-8-15-16-14/h1-4,11-12,17-18H,5-8,13H2. The molecule has 6 nitrogen and oxygen atoms in total. The first-order valence-corrected chi connectivity index (χ1v) is 5.85. The average molecular weight is 250 g/mol. The van der Waals surface area contributed by atoms with Crippen LogP contribution >= 0.6 is 0 Å². The number of azide groups is 1. The lowest BCUT2D eigenvalue weighted by Crippen LogP contribution is -2.19. The molecule has 0 heterocycles. The van der Waals surface area contributed by atoms with Gasteiger partial charge in [0.1, 0.15) is 6.10 Å². The van der Waals surface area contributed by atoms with Gasteiger partial charge in [-0.3, -0.25) is 0 Å². The second-order valence-electron chi connectivity index (χ2n) is 4.04. The van der Waals surface area contributed by atoms with Crippen molar-refractivity contribution in [3.05, 3.63) is 45.8 Å². The maximum absolute atomic E-state index is 9.90. The lowest BCUT2D eigenvalue weighted by molar-refractivity contribution is 0.0150. The van der Waals surface area contributed by atoms with E-state index in [0.29, 0.717) is 12.1 Å². The molecule has 0 aliphatic heterocycles. The number of aliphatic hydroxyl groups excluding tert-OH is 2. The van der Waals surface area contributed by atoms with Crippen LogP contribution in [-0.4, -0.2) is 29.4 Å². The van der Waals surface area contributed by atoms with Crippen LogP contribution in [-0.2, 0) is 6.42 Å². The topological polar surface area (TPSA) is 115 Å². The molecular weight excluding hydrogens is 232 g/mol. The smallest absolute Gasteiger partial charge is 0.105 e. The normalized spacial score (nSPS) is 13.7. The van der Waals surface area contributed by atoms with E-state index >= 15 is 0 Å². The quantitative estimate of drug-likeness (QED) is 0.384. The molecule has 0 spiro atoms. The molecule has 0 fully saturated rings. The van der Waals surface area contributed by atoms with Crippen molar-refractivity contribution in [1.29, 1.82) is 0 Å². The molecule has 0 amide bonds. The molecule has 6 heteroatoms. The zero-order valence-electron chi connectivity index (χ0n) is 10.1. The SMILES string of the molecule is [N-]=[N+]=NCCC(O)C(O)c1ccc(CCN)cc1. The Kier molecular flexibility index (Phi) is 6.18. The van der Waals surface area contributed by atoms with Crippen LogP contribution in [0, 0.1) is 0 Å². The van der Waals surface area contributed by atoms with Gasteiger partial charge < -0.3 is 15.9 Å². The van der Waals surface area contributed by atoms with Gasteiger partial charge in [-0.2, -0.15) is 0 Å². The molecule has 0 bridgehead atoms. The third kappa shape index (κ3) is 4.35. The van der Waals surface area contributed by atoms with Crippen molar-refractivity contribution >= 4 is 0 Å². The first-order chi connectivity index (χ1) is 8.69. The van der Waals surface area contributed by atoms with Crippen molar-refractivity contribution in [1.82, 2.24) is 0 Å². The van der Waals surface area contributed by atoms with Crippen LogP contribution in [0.4, 0.5) is 0 Å². The van der Waals surface area contributed by atoms with Gasteiger partial charge in [0.2, 0.25) is 0 Å². The maximum atomic E-state index is 9.90. The minimum Gasteiger partial charge on any atom is -0.390 e. The predicted molar refractivity (Wildman–Crippen MR) is 68.8 cm³/mol. The highest BCUT2D eigenvalue weighted by atomic mass is 16.3. The Balaban J connectivity index is 2.59. The van der Waals surface area contributed by atoms with E-state index in [0.717, 1.165) is 12.0 Å². The molecule has 0 aliphatic carbocycles. The predicted octanol–water partition coefficient (Wildman–Crippen LogP) is 1.28. The minimum atomic E-state index is -0.967. The number of nitrogens with two attached hydrogens (primary N) is 1. The van der Waals surface area contributed by atoms with E-state index in [1.807, 2.05) is 12.1 Å². The van der Waals surface area contributed by atoms with E-state index in [2.05, 4.69) is 10.0 Å². The van der Waals surface area contributed by atoms with Crippen LogP contribution < -0.4 is 5.73 Å². The fourth-order valence-corrected chi connectivity index (χ4v) is 1.66. The van der Waals surface area contributed by atoms with Gasteiger partial charge in [-0.05, 0) is 36.0 Å². The Bertz CT molecular complexity index is 401. The molecular formula is C12H18N4O2. The zero-order valence-corrected chi connectivity index (χ0v) is 10.1. The molecule has 0 radical (unpaired) electrons. The van der Waals surface area contributed by atoms with Gasteiger partial charge in [0.05, 0.1) is 6.10 Å². The monoisotopic (exact) mass is 250 g/mol. The summed E-state index contributed by atoms with van der Waals surface area (Å²) in [6, 6.07) is 7.30. The Morgan fingerprint density at radius 1 is 1.28 bits per heavy atom. The van der Waals surface area contributed by atoms with Crippen LogP contribution in [0.2, 0.25) is 0 Å². The van der Waals surface area contributed by atoms with Gasteiger partial charge in [-0.15, -0.1) is 0 Å². The van der Waals surface area contributed by atoms with E-state index in [4.69, 9.17) is 11.3 Å². The van der Waals surface area contributed by atoms with Crippen molar-refractivity contribution in [2.45, 2.75) is 25.0 Å². The van der Waals surface area contributed by atoms with E-state index in [-0.39, 0.29) is 13.0 Å². The second kappa shape index (κ2) is 7.68. The molecule has 2 atom stereocenters. The highest BCUT2D eigenvalue weighted by Crippen LogP contribution is 2.19. The van der Waals surface area contributed by atoms with Crippen LogP contribution in [0.5, 0.6) is 0 Å². The highest BCUT2D eigenvalue weighted by Gasteiger charge is 2.17. The van der Waals surface area contributed by atoms with E-state index in [1.54, 1.807) is 12.1 Å². The largest absolute Gasteiger partial charge is 0.390 e. The number of hydrogen-bond acceptors (Lipinski definition) is 4. The second-order valence-corrected chi connectivity index (χ2v) is 4.04. The number of aliphatic hydroxyl groups is 2. The van der Waals surface area contributed by atoms with Gasteiger partial charge in [0.25, 0.3) is 0 Å². The summed E-state index contributed by atoms with van der Waals surface area (Å²) in [6.45, 7) is 0.747. The molecule has 0 aliphatic rings. The van der Waals surface area contributed by atoms with Crippen LogP contribution in [0.25, 0.3) is 10.4 Å². The summed E-state index contributed by atoms with van der Waals surface area (Å²) in [7, 11) is 0. The summed E-state index contributed by atoms with van der Waals surface area (Å²) >= 11 is 0. The third-order valence-electron chi connectivity index (χ3n) is 2.71. The maximum Gasteiger partial charge on any atom is 0.105 e. The zero-order chi connectivity index (χ0) is 13.4. The van der Waals surface area contributed by atoms with Crippen LogP contribution in [0.1, 0.15) is 23.7 Å². The first-order valence-electron chi connectivity index (χ1n) is 5.85. The number of nitrogens with zero attached hydrogens (tertiary/aromatic N) is 3. The van der Waals surface area contributed by atoms with Crippen molar-refractivity contribution in [3.63, 3.8) is 0 Å². The fourth-order valence-electron chi connectivity index (χ4n) is 1.66. The summed E-state index contributed by atoms with van der Waals surface area (Å²) in [4.78, 5) is 2.59.